The zero-order valence-electron chi connectivity index (χ0n) is 12.3. The predicted octanol–water partition coefficient (Wildman–Crippen LogP) is 3.22. The molecule has 0 aromatic heterocycles. The fourth-order valence-electron chi connectivity index (χ4n) is 2.73. The van der Waals surface area contributed by atoms with E-state index in [1.54, 1.807) is 0 Å². The van der Waals surface area contributed by atoms with E-state index in [-0.39, 0.29) is 5.91 Å². The normalized spacial score (nSPS) is 16.4. The van der Waals surface area contributed by atoms with E-state index in [2.05, 4.69) is 21.2 Å². The van der Waals surface area contributed by atoms with Crippen molar-refractivity contribution in [2.45, 2.75) is 26.2 Å². The molecular formula is C16H23BrN2O. The smallest absolute Gasteiger partial charge is 0.253 e. The zero-order valence-corrected chi connectivity index (χ0v) is 13.9. The van der Waals surface area contributed by atoms with E-state index in [4.69, 9.17) is 0 Å². The van der Waals surface area contributed by atoms with E-state index in [1.807, 2.05) is 37.1 Å². The number of likely N-dealkylation sites (tertiary alicyclic amines) is 1. The Bertz CT molecular complexity index is 468. The van der Waals surface area contributed by atoms with E-state index in [0.717, 1.165) is 54.0 Å². The summed E-state index contributed by atoms with van der Waals surface area (Å²) >= 11 is 3.48. The number of nitrogens with one attached hydrogen (secondary N) is 1. The SMILES string of the molecule is CNCCC1CCN(C(=O)c2ccc(Br)c(C)c2)CC1. The highest BCUT2D eigenvalue weighted by molar-refractivity contribution is 9.10. The van der Waals surface area contributed by atoms with Crippen molar-refractivity contribution in [2.24, 2.45) is 5.92 Å². The second-order valence-corrected chi connectivity index (χ2v) is 6.45. The Morgan fingerprint density at radius 3 is 2.70 bits per heavy atom. The van der Waals surface area contributed by atoms with Gasteiger partial charge in [-0.1, -0.05) is 15.9 Å². The number of carbonyl (C=O) groups is 1. The van der Waals surface area contributed by atoms with E-state index >= 15 is 0 Å². The van der Waals surface area contributed by atoms with Crippen LogP contribution in [0.1, 0.15) is 35.2 Å². The fraction of sp³-hybridized carbons (Fsp3) is 0.562. The first-order chi connectivity index (χ1) is 9.61. The molecule has 0 aliphatic carbocycles. The molecule has 2 rings (SSSR count). The molecule has 0 atom stereocenters. The Labute approximate surface area is 129 Å². The van der Waals surface area contributed by atoms with Crippen LogP contribution in [0.2, 0.25) is 0 Å². The molecule has 1 aliphatic heterocycles. The summed E-state index contributed by atoms with van der Waals surface area (Å²) in [7, 11) is 1.99. The molecule has 1 heterocycles. The second-order valence-electron chi connectivity index (χ2n) is 5.59. The van der Waals surface area contributed by atoms with E-state index in [9.17, 15) is 4.79 Å². The highest BCUT2D eigenvalue weighted by atomic mass is 79.9. The van der Waals surface area contributed by atoms with Crippen molar-refractivity contribution < 1.29 is 4.79 Å². The number of hydrogen-bond donors (Lipinski definition) is 1. The molecule has 1 aromatic rings. The molecule has 1 aliphatic rings. The summed E-state index contributed by atoms with van der Waals surface area (Å²) < 4.78 is 1.06. The van der Waals surface area contributed by atoms with Gasteiger partial charge in [0.15, 0.2) is 0 Å². The molecule has 1 saturated heterocycles. The number of piperidine rings is 1. The highest BCUT2D eigenvalue weighted by Gasteiger charge is 2.23. The van der Waals surface area contributed by atoms with Crippen LogP contribution in [-0.2, 0) is 0 Å². The molecule has 0 radical (unpaired) electrons. The minimum atomic E-state index is 0.174. The lowest BCUT2D eigenvalue weighted by Gasteiger charge is -2.32. The van der Waals surface area contributed by atoms with Gasteiger partial charge in [0.1, 0.15) is 0 Å². The Balaban J connectivity index is 1.92. The molecule has 0 spiro atoms. The van der Waals surface area contributed by atoms with Crippen molar-refractivity contribution in [3.8, 4) is 0 Å². The predicted molar refractivity (Wildman–Crippen MR) is 86.1 cm³/mol. The maximum Gasteiger partial charge on any atom is 0.253 e. The molecule has 1 fully saturated rings. The third-order valence-electron chi connectivity index (χ3n) is 4.11. The third-order valence-corrected chi connectivity index (χ3v) is 5.00. The van der Waals surface area contributed by atoms with Crippen LogP contribution in [0.25, 0.3) is 0 Å². The van der Waals surface area contributed by atoms with Gasteiger partial charge in [-0.25, -0.2) is 0 Å². The third kappa shape index (κ3) is 3.83. The largest absolute Gasteiger partial charge is 0.339 e. The van der Waals surface area contributed by atoms with Crippen LogP contribution in [0, 0.1) is 12.8 Å². The van der Waals surface area contributed by atoms with E-state index < -0.39 is 0 Å². The van der Waals surface area contributed by atoms with Gasteiger partial charge in [-0.05, 0) is 69.5 Å². The molecule has 0 unspecified atom stereocenters. The van der Waals surface area contributed by atoms with Crippen molar-refractivity contribution in [1.82, 2.24) is 10.2 Å². The minimum absolute atomic E-state index is 0.174. The molecular weight excluding hydrogens is 316 g/mol. The van der Waals surface area contributed by atoms with Gasteiger partial charge in [0.25, 0.3) is 5.91 Å². The molecule has 110 valence electrons. The topological polar surface area (TPSA) is 32.3 Å². The standard InChI is InChI=1S/C16H23BrN2O/c1-12-11-14(3-4-15(12)17)16(20)19-9-6-13(7-10-19)5-8-18-2/h3-4,11,13,18H,5-10H2,1-2H3. The van der Waals surface area contributed by atoms with Gasteiger partial charge in [0.05, 0.1) is 0 Å². The average Bonchev–Trinajstić information content (AvgIpc) is 2.48. The summed E-state index contributed by atoms with van der Waals surface area (Å²) in [4.78, 5) is 14.5. The summed E-state index contributed by atoms with van der Waals surface area (Å²) in [5, 5.41) is 3.20. The molecule has 0 bridgehead atoms. The van der Waals surface area contributed by atoms with Crippen LogP contribution in [0.4, 0.5) is 0 Å². The monoisotopic (exact) mass is 338 g/mol. The first kappa shape index (κ1) is 15.5. The van der Waals surface area contributed by atoms with Crippen LogP contribution in [0.3, 0.4) is 0 Å². The first-order valence-electron chi connectivity index (χ1n) is 7.32. The highest BCUT2D eigenvalue weighted by Crippen LogP contribution is 2.23. The number of rotatable bonds is 4. The maximum absolute atomic E-state index is 12.5. The van der Waals surface area contributed by atoms with Crippen molar-refractivity contribution >= 4 is 21.8 Å². The van der Waals surface area contributed by atoms with Gasteiger partial charge in [0, 0.05) is 23.1 Å². The molecule has 4 heteroatoms. The van der Waals surface area contributed by atoms with Crippen molar-refractivity contribution in [2.75, 3.05) is 26.7 Å². The fourth-order valence-corrected chi connectivity index (χ4v) is 2.98. The van der Waals surface area contributed by atoms with Gasteiger partial charge in [0.2, 0.25) is 0 Å². The summed E-state index contributed by atoms with van der Waals surface area (Å²) in [5.74, 6) is 0.936. The van der Waals surface area contributed by atoms with Crippen LogP contribution < -0.4 is 5.32 Å². The lowest BCUT2D eigenvalue weighted by Crippen LogP contribution is -2.39. The molecule has 1 aromatic carbocycles. The zero-order chi connectivity index (χ0) is 14.5. The van der Waals surface area contributed by atoms with Gasteiger partial charge < -0.3 is 10.2 Å². The number of nitrogens with zero attached hydrogens (tertiary/aromatic N) is 1. The van der Waals surface area contributed by atoms with Gasteiger partial charge in [-0.3, -0.25) is 4.79 Å². The lowest BCUT2D eigenvalue weighted by atomic mass is 9.93. The van der Waals surface area contributed by atoms with Crippen molar-refractivity contribution in [3.63, 3.8) is 0 Å². The molecule has 3 nitrogen and oxygen atoms in total. The average molecular weight is 339 g/mol. The molecule has 1 N–H and O–H groups in total. The van der Waals surface area contributed by atoms with Crippen LogP contribution >= 0.6 is 15.9 Å². The number of halogens is 1. The summed E-state index contributed by atoms with van der Waals surface area (Å²) in [6.07, 6.45) is 3.47. The second kappa shape index (κ2) is 7.23. The van der Waals surface area contributed by atoms with E-state index in [1.165, 1.54) is 6.42 Å². The summed E-state index contributed by atoms with van der Waals surface area (Å²) in [6, 6.07) is 5.84. The van der Waals surface area contributed by atoms with Crippen LogP contribution in [0.15, 0.2) is 22.7 Å². The minimum Gasteiger partial charge on any atom is -0.339 e. The number of amides is 1. The lowest BCUT2D eigenvalue weighted by molar-refractivity contribution is 0.0687. The quantitative estimate of drug-likeness (QED) is 0.914. The van der Waals surface area contributed by atoms with Crippen LogP contribution in [0.5, 0.6) is 0 Å². The van der Waals surface area contributed by atoms with Crippen molar-refractivity contribution in [3.05, 3.63) is 33.8 Å². The van der Waals surface area contributed by atoms with Crippen molar-refractivity contribution in [1.29, 1.82) is 0 Å². The number of benzene rings is 1. The van der Waals surface area contributed by atoms with E-state index in [0.29, 0.717) is 0 Å². The summed E-state index contributed by atoms with van der Waals surface area (Å²) in [5.41, 5.74) is 1.92. The Kier molecular flexibility index (Phi) is 5.61. The number of hydrogen-bond acceptors (Lipinski definition) is 2. The Hall–Kier alpha value is -0.870. The first-order valence-corrected chi connectivity index (χ1v) is 8.11. The Morgan fingerprint density at radius 1 is 1.40 bits per heavy atom. The summed E-state index contributed by atoms with van der Waals surface area (Å²) in [6.45, 7) is 4.88. The van der Waals surface area contributed by atoms with Gasteiger partial charge >= 0.3 is 0 Å². The van der Waals surface area contributed by atoms with Crippen LogP contribution in [-0.4, -0.2) is 37.5 Å². The molecule has 1 amide bonds. The molecule has 20 heavy (non-hydrogen) atoms. The number of aryl methyl sites for hydroxylation is 1. The van der Waals surface area contributed by atoms with Gasteiger partial charge in [-0.2, -0.15) is 0 Å². The Morgan fingerprint density at radius 2 is 2.10 bits per heavy atom. The maximum atomic E-state index is 12.5. The number of carbonyl (C=O) groups excluding carboxylic acids is 1. The molecule has 0 saturated carbocycles. The van der Waals surface area contributed by atoms with Gasteiger partial charge in [-0.15, -0.1) is 0 Å².